The van der Waals surface area contributed by atoms with Crippen molar-refractivity contribution in [3.8, 4) is 5.75 Å². The van der Waals surface area contributed by atoms with Crippen LogP contribution in [0.25, 0.3) is 10.8 Å². The Morgan fingerprint density at radius 3 is 1.27 bits per heavy atom. The molecule has 30 nitrogen and oxygen atoms in total. The summed E-state index contributed by atoms with van der Waals surface area (Å²) in [5.41, 5.74) is 10.1. The fourth-order valence-corrected chi connectivity index (χ4v) is 15.1. The molecule has 8 rings (SSSR count). The molecule has 0 saturated carbocycles. The van der Waals surface area contributed by atoms with Gasteiger partial charge in [0.05, 0.1) is 18.8 Å². The predicted molar refractivity (Wildman–Crippen MR) is 444 cm³/mol. The van der Waals surface area contributed by atoms with Crippen LogP contribution in [0.15, 0.2) is 182 Å². The zero-order valence-corrected chi connectivity index (χ0v) is 67.2. The molecule has 11 amide bonds. The van der Waals surface area contributed by atoms with Crippen molar-refractivity contribution in [3.05, 3.63) is 221 Å². The first kappa shape index (κ1) is 91.3. The lowest BCUT2D eigenvalue weighted by atomic mass is 9.98. The minimum atomic E-state index is -1.95. The Balaban J connectivity index is 1.22. The van der Waals surface area contributed by atoms with E-state index in [0.29, 0.717) is 46.3 Å². The van der Waals surface area contributed by atoms with Crippen LogP contribution in [-0.4, -0.2) is 206 Å². The Morgan fingerprint density at radius 2 is 0.812 bits per heavy atom. The van der Waals surface area contributed by atoms with Crippen molar-refractivity contribution in [2.75, 3.05) is 24.7 Å². The van der Waals surface area contributed by atoms with E-state index in [9.17, 15) is 59.1 Å². The molecule has 19 N–H and O–H groups in total. The number of benzene rings is 7. The van der Waals surface area contributed by atoms with Crippen LogP contribution in [0.2, 0.25) is 0 Å². The predicted octanol–water partition coefficient (Wildman–Crippen LogP) is 1.88. The number of aliphatic hydroxyl groups is 3. The van der Waals surface area contributed by atoms with Crippen molar-refractivity contribution in [1.29, 1.82) is 0 Å². The number of hydrogen-bond donors (Lipinski definition) is 18. The summed E-state index contributed by atoms with van der Waals surface area (Å²) in [5, 5.41) is 87.4. The summed E-state index contributed by atoms with van der Waals surface area (Å²) in [6.07, 6.45) is -4.12. The number of rotatable bonds is 25. The molecule has 7 aromatic rings. The SMILES string of the molecule is CC(C)NCc1ccc(C[C@@H]2NC(=O)[C@@H](Cc3ccc4ccccc4c3)NC(=O)[C@H](Cc3ccccc3)NC(=O)[C@H](Cc3ccccc3)NC(=O)[C@H](CCCCN)NC(=O)[C@@H](NC(=O)CCc3ccc(O)cc3)CSSC[C@@H](C(=O)O)NC(=O)[C@H](CO)NC(=O)[C@H]([C@@H](C)O)NC(=O)[C@H](Cc3ccccc3)NC(=O)[C@@H]([C@@H](C)O)NC2=O)cc1. The van der Waals surface area contributed by atoms with E-state index in [1.807, 2.05) is 62.4 Å². The van der Waals surface area contributed by atoms with Crippen molar-refractivity contribution >= 4 is 103 Å². The van der Waals surface area contributed by atoms with Crippen LogP contribution in [0.1, 0.15) is 92.3 Å². The molecule has 0 spiro atoms. The molecular weight excluding hydrogens is 1540 g/mol. The summed E-state index contributed by atoms with van der Waals surface area (Å²) in [6, 6.07) is 33.3. The van der Waals surface area contributed by atoms with E-state index in [1.54, 1.807) is 121 Å². The Hall–Kier alpha value is -11.3. The van der Waals surface area contributed by atoms with Crippen molar-refractivity contribution in [3.63, 3.8) is 0 Å². The second-order valence-electron chi connectivity index (χ2n) is 29.1. The van der Waals surface area contributed by atoms with Crippen LogP contribution < -0.4 is 69.5 Å². The molecule has 0 unspecified atom stereocenters. The lowest BCUT2D eigenvalue weighted by molar-refractivity contribution is -0.142. The normalized spacial score (nSPS) is 22.4. The quantitative estimate of drug-likeness (QED) is 0.0287. The molecule has 1 fully saturated rings. The third kappa shape index (κ3) is 29.8. The summed E-state index contributed by atoms with van der Waals surface area (Å²) in [6.45, 7) is 5.78. The number of aliphatic hydroxyl groups excluding tert-OH is 3. The van der Waals surface area contributed by atoms with Gasteiger partial charge in [0.1, 0.15) is 72.2 Å². The number of carbonyl (C=O) groups excluding carboxylic acids is 11. The number of carboxylic acids is 1. The van der Waals surface area contributed by atoms with Gasteiger partial charge in [0.25, 0.3) is 0 Å². The average Bonchev–Trinajstić information content (AvgIpc) is 0.835. The van der Waals surface area contributed by atoms with Crippen molar-refractivity contribution in [2.24, 2.45) is 5.73 Å². The number of phenolic OH excluding ortho intramolecular Hbond substituents is 1. The first-order valence-electron chi connectivity index (χ1n) is 38.8. The first-order chi connectivity index (χ1) is 56.1. The molecule has 7 aromatic carbocycles. The number of amides is 11. The van der Waals surface area contributed by atoms with Crippen LogP contribution >= 0.6 is 21.6 Å². The summed E-state index contributed by atoms with van der Waals surface area (Å²) >= 11 is 0. The second-order valence-corrected chi connectivity index (χ2v) is 31.7. The van der Waals surface area contributed by atoms with Gasteiger partial charge in [-0.05, 0) is 108 Å². The largest absolute Gasteiger partial charge is 0.508 e. The number of aryl methyl sites for hydroxylation is 1. The fraction of sp³-hybridized carbons (Fsp3) is 0.388. The standard InChI is InChI=1S/C85H105N13O17S2/c1-50(2)87-46-58-29-27-57(28-30-58)44-66-79(108)97-73(51(3)100)83(112)94-67(43-56-22-12-7-13-23-56)80(109)98-74(52(4)101)84(113)95-69(47-99)81(110)96-71(85(114)115)49-117-116-48-70(88-72(103)38-34-53-32-36-62(102)37-33-53)82(111)89-63(26-16-17-39-86)75(104)90-64(41-54-18-8-5-9-19-54)76(105)91-65(42-55-20-10-6-11-21-55)77(106)93-68(78(107)92-66)45-59-31-35-60-24-14-15-25-61(60)40-59/h5-15,18-25,27-33,35-37,40,50-52,63-71,73-74,87,99-102H,16-17,26,34,38-39,41-49,86H2,1-4H3,(H,88,103)(H,89,111)(H,90,104)(H,91,105)(H,92,107)(H,93,106)(H,94,112)(H,95,113)(H,96,110)(H,97,108)(H,98,109)(H,114,115)/t51-,52-,63+,64+,65+,66+,67+,68-,69+,70+,71+,73-,74+/m1/s1. The zero-order chi connectivity index (χ0) is 84.5. The topological polar surface area (TPSA) is 476 Å². The van der Waals surface area contributed by atoms with Gasteiger partial charge >= 0.3 is 5.97 Å². The fourth-order valence-electron chi connectivity index (χ4n) is 12.8. The summed E-state index contributed by atoms with van der Waals surface area (Å²) < 4.78 is 0. The lowest BCUT2D eigenvalue weighted by Crippen LogP contribution is -2.63. The summed E-state index contributed by atoms with van der Waals surface area (Å²) in [4.78, 5) is 177. The minimum absolute atomic E-state index is 0.00990. The van der Waals surface area contributed by atoms with E-state index in [1.165, 1.54) is 19.1 Å². The first-order valence-corrected chi connectivity index (χ1v) is 41.3. The number of aliphatic carboxylic acids is 1. The zero-order valence-electron chi connectivity index (χ0n) is 65.5. The second kappa shape index (κ2) is 46.5. The highest BCUT2D eigenvalue weighted by atomic mass is 33.1. The van der Waals surface area contributed by atoms with Crippen LogP contribution in [0.3, 0.4) is 0 Å². The number of unbranched alkanes of at least 4 members (excludes halogenated alkanes) is 1. The number of aromatic hydroxyl groups is 1. The number of nitrogens with two attached hydrogens (primary N) is 1. The minimum Gasteiger partial charge on any atom is -0.508 e. The third-order valence-electron chi connectivity index (χ3n) is 19.4. The van der Waals surface area contributed by atoms with E-state index >= 15 is 24.0 Å². The van der Waals surface area contributed by atoms with E-state index in [0.717, 1.165) is 44.8 Å². The van der Waals surface area contributed by atoms with Gasteiger partial charge in [0, 0.05) is 62.6 Å². The molecular formula is C85H105N13O17S2. The highest BCUT2D eigenvalue weighted by Gasteiger charge is 2.39. The lowest BCUT2D eigenvalue weighted by Gasteiger charge is -2.29. The molecule has 13 atom stereocenters. The maximum Gasteiger partial charge on any atom is 0.327 e. The maximum absolute atomic E-state index is 15.7. The van der Waals surface area contributed by atoms with Gasteiger partial charge in [0.15, 0.2) is 0 Å². The number of nitrogens with one attached hydrogen (secondary N) is 12. The molecule has 0 aliphatic carbocycles. The smallest absolute Gasteiger partial charge is 0.327 e. The number of carboxylic acid groups (broad SMARTS) is 1. The van der Waals surface area contributed by atoms with Gasteiger partial charge in [-0.1, -0.05) is 205 Å². The average molecular weight is 1640 g/mol. The highest BCUT2D eigenvalue weighted by molar-refractivity contribution is 8.76. The van der Waals surface area contributed by atoms with E-state index < -0.39 is 162 Å². The van der Waals surface area contributed by atoms with Crippen molar-refractivity contribution in [2.45, 2.75) is 183 Å². The van der Waals surface area contributed by atoms with Crippen molar-refractivity contribution in [1.82, 2.24) is 63.8 Å². The molecule has 0 bridgehead atoms. The van der Waals surface area contributed by atoms with Gasteiger partial charge in [0.2, 0.25) is 65.0 Å². The van der Waals surface area contributed by atoms with Gasteiger partial charge < -0.3 is 95.1 Å². The molecule has 1 aliphatic rings. The molecule has 117 heavy (non-hydrogen) atoms. The Kier molecular flexibility index (Phi) is 36.3. The van der Waals surface area contributed by atoms with Crippen LogP contribution in [-0.2, 0) is 103 Å². The van der Waals surface area contributed by atoms with Crippen LogP contribution in [0.5, 0.6) is 5.75 Å². The maximum atomic E-state index is 15.7. The highest BCUT2D eigenvalue weighted by Crippen LogP contribution is 2.25. The van der Waals surface area contributed by atoms with Gasteiger partial charge in [-0.2, -0.15) is 0 Å². The monoisotopic (exact) mass is 1640 g/mol. The number of hydrogen-bond acceptors (Lipinski definition) is 20. The molecule has 32 heteroatoms. The molecule has 0 aromatic heterocycles. The van der Waals surface area contributed by atoms with Gasteiger partial charge in [-0.25, -0.2) is 4.79 Å². The number of carbonyl (C=O) groups is 12. The Labute approximate surface area is 686 Å². The molecule has 0 radical (unpaired) electrons. The molecule has 624 valence electrons. The van der Waals surface area contributed by atoms with Gasteiger partial charge in [-0.3, -0.25) is 52.7 Å². The Bertz CT molecular complexity index is 4480. The third-order valence-corrected chi connectivity index (χ3v) is 21.8. The van der Waals surface area contributed by atoms with Crippen LogP contribution in [0, 0.1) is 0 Å². The van der Waals surface area contributed by atoms with Gasteiger partial charge in [-0.15, -0.1) is 0 Å². The molecule has 1 saturated heterocycles. The molecule has 1 heterocycles. The van der Waals surface area contributed by atoms with Crippen molar-refractivity contribution < 1.29 is 83.1 Å². The summed E-state index contributed by atoms with van der Waals surface area (Å²) in [5.74, 6) is -13.2. The Morgan fingerprint density at radius 1 is 0.427 bits per heavy atom. The number of phenols is 1. The number of fused-ring (bicyclic) bond motifs is 1. The van der Waals surface area contributed by atoms with E-state index in [4.69, 9.17) is 5.73 Å². The van der Waals surface area contributed by atoms with E-state index in [-0.39, 0.29) is 81.9 Å². The molecule has 1 aliphatic heterocycles. The van der Waals surface area contributed by atoms with Crippen LogP contribution in [0.4, 0.5) is 0 Å². The summed E-state index contributed by atoms with van der Waals surface area (Å²) in [7, 11) is 1.72. The van der Waals surface area contributed by atoms with E-state index in [2.05, 4.69) is 63.8 Å².